The van der Waals surface area contributed by atoms with Crippen LogP contribution in [0, 0.1) is 0 Å². The molecular weight excluding hydrogens is 310 g/mol. The summed E-state index contributed by atoms with van der Waals surface area (Å²) in [5.41, 5.74) is -1.40. The normalized spacial score (nSPS) is 28.1. The van der Waals surface area contributed by atoms with Gasteiger partial charge in [-0.25, -0.2) is 8.42 Å². The van der Waals surface area contributed by atoms with Crippen LogP contribution >= 0.6 is 0 Å². The van der Waals surface area contributed by atoms with Crippen molar-refractivity contribution in [3.8, 4) is 0 Å². The molecule has 3 rings (SSSR count). The van der Waals surface area contributed by atoms with Crippen molar-refractivity contribution in [2.45, 2.75) is 43.0 Å². The second kappa shape index (κ2) is 5.55. The minimum absolute atomic E-state index is 0.0598. The summed E-state index contributed by atoms with van der Waals surface area (Å²) in [6.45, 7) is 1.88. The Morgan fingerprint density at radius 1 is 1.55 bits per heavy atom. The quantitative estimate of drug-likeness (QED) is 0.794. The number of ether oxygens (including phenoxy) is 1. The number of aromatic nitrogens is 2. The van der Waals surface area contributed by atoms with E-state index < -0.39 is 20.9 Å². The van der Waals surface area contributed by atoms with Gasteiger partial charge in [0.2, 0.25) is 10.0 Å². The molecular formula is C13H21N3O5S. The van der Waals surface area contributed by atoms with Gasteiger partial charge in [0, 0.05) is 26.0 Å². The molecule has 1 saturated carbocycles. The molecule has 8 nitrogen and oxygen atoms in total. The van der Waals surface area contributed by atoms with Crippen molar-refractivity contribution in [2.75, 3.05) is 26.8 Å². The van der Waals surface area contributed by atoms with Gasteiger partial charge in [-0.05, 0) is 19.8 Å². The summed E-state index contributed by atoms with van der Waals surface area (Å²) in [5.74, 6) is 1.05. The molecule has 1 N–H and O–H groups in total. The molecule has 124 valence electrons. The molecule has 2 fully saturated rings. The van der Waals surface area contributed by atoms with Gasteiger partial charge >= 0.3 is 0 Å². The number of hydrogen-bond donors (Lipinski definition) is 1. The van der Waals surface area contributed by atoms with Crippen LogP contribution in [0.1, 0.15) is 43.8 Å². The highest BCUT2D eigenvalue weighted by Crippen LogP contribution is 2.40. The first-order valence-corrected chi connectivity index (χ1v) is 8.91. The average molecular weight is 331 g/mol. The second-order valence-electron chi connectivity index (χ2n) is 6.16. The number of hydrogen-bond acceptors (Lipinski definition) is 7. The highest BCUT2D eigenvalue weighted by atomic mass is 32.2. The van der Waals surface area contributed by atoms with Gasteiger partial charge in [-0.3, -0.25) is 0 Å². The maximum atomic E-state index is 12.4. The number of rotatable bonds is 6. The van der Waals surface area contributed by atoms with Gasteiger partial charge in [0.25, 0.3) is 5.89 Å². The van der Waals surface area contributed by atoms with E-state index in [1.54, 1.807) is 6.92 Å². The summed E-state index contributed by atoms with van der Waals surface area (Å²) in [4.78, 5) is 4.25. The maximum Gasteiger partial charge on any atom is 0.260 e. The van der Waals surface area contributed by atoms with E-state index in [0.717, 1.165) is 12.8 Å². The van der Waals surface area contributed by atoms with Crippen molar-refractivity contribution < 1.29 is 22.8 Å². The Hall–Kier alpha value is -1.03. The molecule has 22 heavy (non-hydrogen) atoms. The smallest absolute Gasteiger partial charge is 0.260 e. The lowest BCUT2D eigenvalue weighted by molar-refractivity contribution is 0.0193. The molecule has 9 heteroatoms. The molecule has 0 amide bonds. The third-order valence-corrected chi connectivity index (χ3v) is 6.45. The predicted molar refractivity (Wildman–Crippen MR) is 76.6 cm³/mol. The monoisotopic (exact) mass is 331 g/mol. The predicted octanol–water partition coefficient (Wildman–Crippen LogP) is 0.205. The fraction of sp³-hybridized carbons (Fsp3) is 0.846. The zero-order valence-electron chi connectivity index (χ0n) is 12.7. The van der Waals surface area contributed by atoms with Gasteiger partial charge in [-0.2, -0.15) is 9.29 Å². The lowest BCUT2D eigenvalue weighted by atomic mass is 10.0. The summed E-state index contributed by atoms with van der Waals surface area (Å²) >= 11 is 0. The molecule has 1 saturated heterocycles. The number of aliphatic hydroxyl groups is 1. The zero-order valence-corrected chi connectivity index (χ0v) is 13.5. The minimum Gasteiger partial charge on any atom is -0.383 e. The van der Waals surface area contributed by atoms with E-state index in [0.29, 0.717) is 11.7 Å². The number of nitrogens with zero attached hydrogens (tertiary/aromatic N) is 3. The van der Waals surface area contributed by atoms with Crippen molar-refractivity contribution >= 4 is 10.0 Å². The van der Waals surface area contributed by atoms with Crippen molar-refractivity contribution in [3.63, 3.8) is 0 Å². The Morgan fingerprint density at radius 3 is 2.91 bits per heavy atom. The standard InChI is InChI=1S/C13H21N3O5S/c1-9(7-20-2)22(18,19)16-6-5-13(17,8-16)12-14-11(15-21-12)10-3-4-10/h9-10,17H,3-8H2,1-2H3. The lowest BCUT2D eigenvalue weighted by Crippen LogP contribution is -2.40. The first-order valence-electron chi connectivity index (χ1n) is 7.41. The van der Waals surface area contributed by atoms with Crippen LogP contribution < -0.4 is 0 Å². The third-order valence-electron chi connectivity index (χ3n) is 4.26. The van der Waals surface area contributed by atoms with Gasteiger partial charge in [0.1, 0.15) is 0 Å². The molecule has 0 radical (unpaired) electrons. The molecule has 0 aromatic carbocycles. The largest absolute Gasteiger partial charge is 0.383 e. The van der Waals surface area contributed by atoms with Crippen LogP contribution in [-0.4, -0.2) is 60.0 Å². The van der Waals surface area contributed by atoms with Gasteiger partial charge in [0.05, 0.1) is 18.4 Å². The Balaban J connectivity index is 1.74. The van der Waals surface area contributed by atoms with E-state index in [4.69, 9.17) is 9.26 Å². The van der Waals surface area contributed by atoms with E-state index >= 15 is 0 Å². The minimum atomic E-state index is -3.52. The Morgan fingerprint density at radius 2 is 2.27 bits per heavy atom. The van der Waals surface area contributed by atoms with Crippen LogP contribution in [0.25, 0.3) is 0 Å². The molecule has 1 aromatic rings. The summed E-state index contributed by atoms with van der Waals surface area (Å²) in [7, 11) is -2.06. The summed E-state index contributed by atoms with van der Waals surface area (Å²) in [5, 5.41) is 13.9. The Bertz CT molecular complexity index is 642. The molecule has 0 spiro atoms. The lowest BCUT2D eigenvalue weighted by Gasteiger charge is -2.22. The van der Waals surface area contributed by atoms with E-state index in [1.165, 1.54) is 11.4 Å². The highest BCUT2D eigenvalue weighted by molar-refractivity contribution is 7.89. The highest BCUT2D eigenvalue weighted by Gasteiger charge is 2.48. The van der Waals surface area contributed by atoms with Crippen LogP contribution in [0.2, 0.25) is 0 Å². The van der Waals surface area contributed by atoms with Gasteiger partial charge in [-0.15, -0.1) is 0 Å². The Labute approximate surface area is 129 Å². The molecule has 2 atom stereocenters. The Kier molecular flexibility index (Phi) is 4.00. The van der Waals surface area contributed by atoms with Crippen LogP contribution in [0.5, 0.6) is 0 Å². The molecule has 1 aliphatic carbocycles. The molecule has 0 bridgehead atoms. The molecule has 2 aliphatic rings. The summed E-state index contributed by atoms with van der Waals surface area (Å²) in [6, 6.07) is 0. The van der Waals surface area contributed by atoms with Crippen molar-refractivity contribution in [3.05, 3.63) is 11.7 Å². The first kappa shape index (κ1) is 15.9. The topological polar surface area (TPSA) is 106 Å². The van der Waals surface area contributed by atoms with Crippen molar-refractivity contribution in [2.24, 2.45) is 0 Å². The zero-order chi connectivity index (χ0) is 16.0. The van der Waals surface area contributed by atoms with E-state index in [-0.39, 0.29) is 32.0 Å². The summed E-state index contributed by atoms with van der Waals surface area (Å²) in [6.07, 6.45) is 2.32. The van der Waals surface area contributed by atoms with Crippen molar-refractivity contribution in [1.82, 2.24) is 14.4 Å². The number of methoxy groups -OCH3 is 1. The fourth-order valence-electron chi connectivity index (χ4n) is 2.66. The summed E-state index contributed by atoms with van der Waals surface area (Å²) < 4.78 is 36.2. The van der Waals surface area contributed by atoms with Crippen LogP contribution in [0.3, 0.4) is 0 Å². The molecule has 2 heterocycles. The second-order valence-corrected chi connectivity index (χ2v) is 8.51. The van der Waals surface area contributed by atoms with Crippen molar-refractivity contribution in [1.29, 1.82) is 0 Å². The van der Waals surface area contributed by atoms with Crippen LogP contribution in [-0.2, 0) is 20.4 Å². The average Bonchev–Trinajstić information content (AvgIpc) is 3.04. The SMILES string of the molecule is COCC(C)S(=O)(=O)N1CCC(O)(c2nc(C3CC3)no2)C1. The molecule has 2 unspecified atom stereocenters. The number of β-amino-alcohol motifs (C(OH)–C–C–N with tert-alkyl or cyclic N) is 1. The third kappa shape index (κ3) is 2.78. The van der Waals surface area contributed by atoms with Gasteiger partial charge in [-0.1, -0.05) is 5.16 Å². The first-order chi connectivity index (χ1) is 10.4. The van der Waals surface area contributed by atoms with Crippen LogP contribution in [0.15, 0.2) is 4.52 Å². The fourth-order valence-corrected chi connectivity index (χ4v) is 4.21. The van der Waals surface area contributed by atoms with E-state index in [1.807, 2.05) is 0 Å². The van der Waals surface area contributed by atoms with Crippen LogP contribution in [0.4, 0.5) is 0 Å². The number of sulfonamides is 1. The molecule has 1 aromatic heterocycles. The van der Waals surface area contributed by atoms with Gasteiger partial charge < -0.3 is 14.4 Å². The van der Waals surface area contributed by atoms with Gasteiger partial charge in [0.15, 0.2) is 11.4 Å². The van der Waals surface area contributed by atoms with E-state index in [9.17, 15) is 13.5 Å². The maximum absolute atomic E-state index is 12.4. The molecule has 1 aliphatic heterocycles. The van der Waals surface area contributed by atoms with E-state index in [2.05, 4.69) is 10.1 Å².